The number of benzodiazepines with no additional fused rings is 1. The van der Waals surface area contributed by atoms with Crippen LogP contribution in [-0.2, 0) is 15.7 Å². The van der Waals surface area contributed by atoms with Gasteiger partial charge in [0.05, 0.1) is 30.2 Å². The Morgan fingerprint density at radius 2 is 1.88 bits per heavy atom. The minimum absolute atomic E-state index is 0.00695. The molecule has 1 aliphatic carbocycles. The molecule has 4 aromatic rings. The first-order chi connectivity index (χ1) is 19.3. The van der Waals surface area contributed by atoms with Gasteiger partial charge >= 0.3 is 12.2 Å². The van der Waals surface area contributed by atoms with Gasteiger partial charge in [0.25, 0.3) is 11.8 Å². The predicted octanol–water partition coefficient (Wildman–Crippen LogP) is 4.42. The van der Waals surface area contributed by atoms with Crippen LogP contribution in [0.1, 0.15) is 22.6 Å². The molecule has 40 heavy (non-hydrogen) atoms. The summed E-state index contributed by atoms with van der Waals surface area (Å²) in [6.45, 7) is 0.824. The number of carbonyl (C=O) groups excluding carboxylic acids is 1. The number of halogens is 3. The van der Waals surface area contributed by atoms with Crippen LogP contribution in [0.25, 0.3) is 11.6 Å². The SMILES string of the molecule is O=C1Nc2ccccc2C(c2ccccc2)=N[C@H]1Nc1nnc(-c2nc(C(F)(F)F)sc2N2CCOC3C[C@H]32)o1. The molecule has 3 atom stereocenters. The highest BCUT2D eigenvalue weighted by atomic mass is 32.1. The summed E-state index contributed by atoms with van der Waals surface area (Å²) < 4.78 is 52.2. The van der Waals surface area contributed by atoms with Gasteiger partial charge in [-0.2, -0.15) is 13.2 Å². The Morgan fingerprint density at radius 3 is 2.70 bits per heavy atom. The number of nitrogens with one attached hydrogen (secondary N) is 2. The Balaban J connectivity index is 1.22. The molecule has 1 saturated carbocycles. The van der Waals surface area contributed by atoms with E-state index in [-0.39, 0.29) is 29.7 Å². The van der Waals surface area contributed by atoms with E-state index in [0.717, 1.165) is 17.5 Å². The highest BCUT2D eigenvalue weighted by Crippen LogP contribution is 2.47. The van der Waals surface area contributed by atoms with Gasteiger partial charge in [-0.05, 0) is 12.5 Å². The van der Waals surface area contributed by atoms with Crippen molar-refractivity contribution in [2.75, 3.05) is 28.7 Å². The summed E-state index contributed by atoms with van der Waals surface area (Å²) in [6, 6.07) is 16.5. The monoisotopic (exact) mass is 567 g/mol. The highest BCUT2D eigenvalue weighted by molar-refractivity contribution is 7.16. The summed E-state index contributed by atoms with van der Waals surface area (Å²) in [4.78, 5) is 23.5. The molecule has 2 fully saturated rings. The molecule has 10 nitrogen and oxygen atoms in total. The van der Waals surface area contributed by atoms with Crippen LogP contribution in [0.15, 0.2) is 64.0 Å². The van der Waals surface area contributed by atoms with Crippen LogP contribution in [0.4, 0.5) is 29.9 Å². The molecule has 0 spiro atoms. The van der Waals surface area contributed by atoms with Crippen LogP contribution in [-0.4, -0.2) is 58.3 Å². The normalized spacial score (nSPS) is 22.1. The predicted molar refractivity (Wildman–Crippen MR) is 140 cm³/mol. The Hall–Kier alpha value is -4.30. The van der Waals surface area contributed by atoms with E-state index >= 15 is 0 Å². The van der Waals surface area contributed by atoms with Crippen molar-refractivity contribution in [2.24, 2.45) is 4.99 Å². The fourth-order valence-electron chi connectivity index (χ4n) is 4.83. The number of thiazole rings is 1. The number of alkyl halides is 3. The molecule has 0 radical (unpaired) electrons. The van der Waals surface area contributed by atoms with E-state index in [1.807, 2.05) is 47.4 Å². The maximum absolute atomic E-state index is 13.6. The number of ether oxygens (including phenoxy) is 1. The van der Waals surface area contributed by atoms with Gasteiger partial charge in [0.2, 0.25) is 11.2 Å². The van der Waals surface area contributed by atoms with Crippen molar-refractivity contribution < 1.29 is 27.1 Å². The van der Waals surface area contributed by atoms with Crippen LogP contribution >= 0.6 is 11.3 Å². The third-order valence-electron chi connectivity index (χ3n) is 6.76. The summed E-state index contributed by atoms with van der Waals surface area (Å²) >= 11 is 0.537. The third-order valence-corrected chi connectivity index (χ3v) is 7.90. The molecule has 204 valence electrons. The van der Waals surface area contributed by atoms with Crippen molar-refractivity contribution in [3.8, 4) is 11.6 Å². The lowest BCUT2D eigenvalue weighted by Gasteiger charge is -2.27. The lowest BCUT2D eigenvalue weighted by Crippen LogP contribution is -2.36. The number of nitrogens with zero attached hydrogens (tertiary/aromatic N) is 5. The lowest BCUT2D eigenvalue weighted by molar-refractivity contribution is -0.137. The molecular weight excluding hydrogens is 547 g/mol. The molecule has 1 saturated heterocycles. The molecule has 0 bridgehead atoms. The van der Waals surface area contributed by atoms with E-state index in [9.17, 15) is 18.0 Å². The van der Waals surface area contributed by atoms with Crippen molar-refractivity contribution in [3.63, 3.8) is 0 Å². The fourth-order valence-corrected chi connectivity index (χ4v) is 5.84. The van der Waals surface area contributed by atoms with Gasteiger partial charge in [-0.25, -0.2) is 9.98 Å². The third kappa shape index (κ3) is 4.48. The number of benzene rings is 2. The molecule has 2 aromatic heterocycles. The molecular formula is C26H20F3N7O3S. The molecule has 7 rings (SSSR count). The number of fused-ring (bicyclic) bond motifs is 2. The van der Waals surface area contributed by atoms with Gasteiger partial charge in [0.15, 0.2) is 5.69 Å². The van der Waals surface area contributed by atoms with Gasteiger partial charge < -0.3 is 24.7 Å². The number of aliphatic imine (C=N–C) groups is 1. The van der Waals surface area contributed by atoms with E-state index in [4.69, 9.17) is 9.15 Å². The number of hydrogen-bond donors (Lipinski definition) is 2. The maximum Gasteiger partial charge on any atom is 0.443 e. The first-order valence-corrected chi connectivity index (χ1v) is 13.3. The number of para-hydroxylation sites is 1. The van der Waals surface area contributed by atoms with E-state index in [0.29, 0.717) is 40.9 Å². The zero-order valence-corrected chi connectivity index (χ0v) is 21.4. The second-order valence-corrected chi connectivity index (χ2v) is 10.4. The molecule has 2 N–H and O–H groups in total. The molecule has 4 heterocycles. The molecule has 3 aliphatic rings. The molecule has 1 unspecified atom stereocenters. The van der Waals surface area contributed by atoms with Crippen LogP contribution in [0.3, 0.4) is 0 Å². The van der Waals surface area contributed by atoms with Crippen molar-refractivity contribution >= 4 is 39.7 Å². The van der Waals surface area contributed by atoms with Gasteiger partial charge in [-0.15, -0.1) is 5.10 Å². The number of amides is 1. The van der Waals surface area contributed by atoms with Crippen molar-refractivity contribution in [1.29, 1.82) is 0 Å². The average molecular weight is 568 g/mol. The number of hydrogen-bond acceptors (Lipinski definition) is 10. The minimum Gasteiger partial charge on any atom is -0.402 e. The summed E-state index contributed by atoms with van der Waals surface area (Å²) in [6.07, 6.45) is -5.07. The van der Waals surface area contributed by atoms with E-state index in [1.54, 1.807) is 12.1 Å². The summed E-state index contributed by atoms with van der Waals surface area (Å²) in [5.41, 5.74) is 2.61. The highest BCUT2D eigenvalue weighted by Gasteiger charge is 2.48. The molecule has 1 amide bonds. The van der Waals surface area contributed by atoms with Crippen LogP contribution in [0, 0.1) is 0 Å². The van der Waals surface area contributed by atoms with Crippen LogP contribution < -0.4 is 15.5 Å². The summed E-state index contributed by atoms with van der Waals surface area (Å²) in [5.74, 6) is -0.669. The largest absolute Gasteiger partial charge is 0.443 e. The number of aromatic nitrogens is 3. The van der Waals surface area contributed by atoms with Crippen LogP contribution in [0.2, 0.25) is 0 Å². The van der Waals surface area contributed by atoms with Gasteiger partial charge in [0.1, 0.15) is 5.00 Å². The van der Waals surface area contributed by atoms with Crippen molar-refractivity contribution in [1.82, 2.24) is 15.2 Å². The standard InChI is InChI=1S/C26H20F3N7O3S/c27-26(28,29)24-32-19(23(40-24)36-10-11-38-17-12-16(17)36)22-34-35-25(39-22)33-20-21(37)30-15-9-5-4-8-14(15)18(31-20)13-6-2-1-3-7-13/h1-9,16-17,20H,10-12H2,(H,30,37)(H,33,35)/t16-,17?,20+/m1/s1. The Morgan fingerprint density at radius 1 is 1.07 bits per heavy atom. The summed E-state index contributed by atoms with van der Waals surface area (Å²) in [5, 5.41) is 12.9. The number of rotatable bonds is 5. The quantitative estimate of drug-likeness (QED) is 0.364. The van der Waals surface area contributed by atoms with Crippen LogP contribution in [0.5, 0.6) is 0 Å². The first kappa shape index (κ1) is 24.7. The lowest BCUT2D eigenvalue weighted by atomic mass is 10.0. The van der Waals surface area contributed by atoms with Crippen molar-refractivity contribution in [2.45, 2.75) is 30.9 Å². The second kappa shape index (κ2) is 9.41. The number of anilines is 3. The molecule has 14 heteroatoms. The first-order valence-electron chi connectivity index (χ1n) is 12.5. The Bertz CT molecular complexity index is 1620. The zero-order chi connectivity index (χ0) is 27.4. The zero-order valence-electron chi connectivity index (χ0n) is 20.6. The smallest absolute Gasteiger partial charge is 0.402 e. The minimum atomic E-state index is -4.63. The molecule has 2 aromatic carbocycles. The number of carbonyl (C=O) groups is 1. The average Bonchev–Trinajstić information content (AvgIpc) is 3.42. The van der Waals surface area contributed by atoms with Gasteiger partial charge in [0, 0.05) is 17.7 Å². The van der Waals surface area contributed by atoms with Gasteiger partial charge in [-0.1, -0.05) is 65.0 Å². The van der Waals surface area contributed by atoms with Gasteiger partial charge in [-0.3, -0.25) is 4.79 Å². The second-order valence-electron chi connectivity index (χ2n) is 9.41. The molecule has 2 aliphatic heterocycles. The Kier molecular flexibility index (Phi) is 5.82. The Labute approximate surface area is 228 Å². The maximum atomic E-state index is 13.6. The topological polar surface area (TPSA) is 118 Å². The van der Waals surface area contributed by atoms with E-state index in [1.165, 1.54) is 0 Å². The fraction of sp³-hybridized carbons (Fsp3) is 0.269. The summed E-state index contributed by atoms with van der Waals surface area (Å²) in [7, 11) is 0. The van der Waals surface area contributed by atoms with Crippen molar-refractivity contribution in [3.05, 3.63) is 70.7 Å². The number of morpholine rings is 1. The van der Waals surface area contributed by atoms with E-state index < -0.39 is 23.3 Å². The van der Waals surface area contributed by atoms with E-state index in [2.05, 4.69) is 30.8 Å².